The molecule has 1 spiro atoms. The zero-order valence-electron chi connectivity index (χ0n) is 32.8. The standard InChI is InChI=1S/C43H46F3N7O5/c1-5-56-39(54)35-24-42(26-52(35)41(55)57-25-30-9-7-6-8-10-30)16-19-51(20-17-42)36-23-37(49-40(47)48-36)58-38(43(44,45)46)33-14-13-32(31-12-11-27(2)28(3)21-31)22-34(33)53-18-15-29(4)50-53/h6-15,18,21-23,35,38H,5,16-17,19-20,24-26H2,1-4H3,(H2,47,48,49)/t35-,38?/m0/s1. The van der Waals surface area contributed by atoms with Gasteiger partial charge in [-0.25, -0.2) is 14.3 Å². The number of carbonyl (C=O) groups excluding carboxylic acids is 2. The van der Waals surface area contributed by atoms with Crippen LogP contribution in [-0.2, 0) is 20.9 Å². The number of aryl methyl sites for hydroxylation is 3. The van der Waals surface area contributed by atoms with Crippen LogP contribution in [0.25, 0.3) is 16.8 Å². The second-order valence-corrected chi connectivity index (χ2v) is 15.1. The monoisotopic (exact) mass is 797 g/mol. The van der Waals surface area contributed by atoms with Crippen LogP contribution in [0, 0.1) is 26.2 Å². The predicted octanol–water partition coefficient (Wildman–Crippen LogP) is 8.08. The highest BCUT2D eigenvalue weighted by Crippen LogP contribution is 2.45. The normalized spacial score (nSPS) is 17.0. The van der Waals surface area contributed by atoms with Crippen molar-refractivity contribution in [2.45, 2.75) is 71.9 Å². The fraction of sp³-hybridized carbons (Fsp3) is 0.372. The van der Waals surface area contributed by atoms with Gasteiger partial charge in [0.15, 0.2) is 0 Å². The lowest BCUT2D eigenvalue weighted by Gasteiger charge is -2.39. The SMILES string of the molecule is CCOC(=O)[C@@H]1CC2(CCN(c3cc(OC(c4ccc(-c5ccc(C)c(C)c5)cc4-n4ccc(C)n4)C(F)(F)F)nc(N)n3)CC2)CN1C(=O)OCc1ccccc1. The lowest BCUT2D eigenvalue weighted by molar-refractivity contribution is -0.198. The van der Waals surface area contributed by atoms with Gasteiger partial charge in [-0.05, 0) is 92.3 Å². The maximum atomic E-state index is 15.1. The number of halogens is 3. The van der Waals surface area contributed by atoms with Gasteiger partial charge in [-0.2, -0.15) is 28.2 Å². The van der Waals surface area contributed by atoms with E-state index in [-0.39, 0.29) is 42.8 Å². The first-order valence-corrected chi connectivity index (χ1v) is 19.2. The number of piperidine rings is 1. The zero-order chi connectivity index (χ0) is 41.2. The summed E-state index contributed by atoms with van der Waals surface area (Å²) < 4.78 is 63.4. The zero-order valence-corrected chi connectivity index (χ0v) is 32.8. The van der Waals surface area contributed by atoms with E-state index in [1.54, 1.807) is 38.2 Å². The van der Waals surface area contributed by atoms with Gasteiger partial charge >= 0.3 is 18.2 Å². The Morgan fingerprint density at radius 1 is 0.914 bits per heavy atom. The van der Waals surface area contributed by atoms with Gasteiger partial charge in [0, 0.05) is 37.5 Å². The first-order chi connectivity index (χ1) is 27.7. The van der Waals surface area contributed by atoms with E-state index in [0.29, 0.717) is 43.9 Å². The summed E-state index contributed by atoms with van der Waals surface area (Å²) in [5.41, 5.74) is 10.9. The largest absolute Gasteiger partial charge is 0.464 e. The molecule has 58 heavy (non-hydrogen) atoms. The quantitative estimate of drug-likeness (QED) is 0.138. The van der Waals surface area contributed by atoms with Crippen LogP contribution in [0.2, 0.25) is 0 Å². The number of nitrogen functional groups attached to an aromatic ring is 1. The van der Waals surface area contributed by atoms with Crippen LogP contribution in [0.1, 0.15) is 60.2 Å². The first kappa shape index (κ1) is 40.1. The van der Waals surface area contributed by atoms with Crippen molar-refractivity contribution >= 4 is 23.8 Å². The van der Waals surface area contributed by atoms with E-state index in [4.69, 9.17) is 19.9 Å². The molecule has 304 valence electrons. The number of nitrogens with two attached hydrogens (primary N) is 1. The maximum Gasteiger partial charge on any atom is 0.429 e. The van der Waals surface area contributed by atoms with Crippen molar-refractivity contribution in [2.75, 3.05) is 36.9 Å². The van der Waals surface area contributed by atoms with Crippen LogP contribution in [0.3, 0.4) is 0 Å². The number of aromatic nitrogens is 4. The number of nitrogens with zero attached hydrogens (tertiary/aromatic N) is 6. The van der Waals surface area contributed by atoms with Gasteiger partial charge in [0.25, 0.3) is 0 Å². The number of anilines is 2. The number of ether oxygens (including phenoxy) is 3. The summed E-state index contributed by atoms with van der Waals surface area (Å²) in [4.78, 5) is 38.2. The third-order valence-corrected chi connectivity index (χ3v) is 11.0. The second-order valence-electron chi connectivity index (χ2n) is 15.1. The summed E-state index contributed by atoms with van der Waals surface area (Å²) in [7, 11) is 0. The number of hydrogen-bond acceptors (Lipinski definition) is 10. The van der Waals surface area contributed by atoms with Crippen molar-refractivity contribution < 1.29 is 37.0 Å². The van der Waals surface area contributed by atoms with E-state index in [2.05, 4.69) is 15.1 Å². The second kappa shape index (κ2) is 16.4. The predicted molar refractivity (Wildman–Crippen MR) is 211 cm³/mol. The molecule has 3 aromatic carbocycles. The van der Waals surface area contributed by atoms with Gasteiger partial charge in [-0.1, -0.05) is 60.7 Å². The van der Waals surface area contributed by atoms with Gasteiger partial charge in [0.2, 0.25) is 17.9 Å². The summed E-state index contributed by atoms with van der Waals surface area (Å²) in [5.74, 6) is -0.794. The number of amides is 1. The van der Waals surface area contributed by atoms with Crippen molar-refractivity contribution in [2.24, 2.45) is 5.41 Å². The molecule has 2 aliphatic rings. The van der Waals surface area contributed by atoms with Crippen LogP contribution in [0.4, 0.5) is 29.7 Å². The topological polar surface area (TPSA) is 138 Å². The van der Waals surface area contributed by atoms with Crippen molar-refractivity contribution in [3.63, 3.8) is 0 Å². The molecule has 12 nitrogen and oxygen atoms in total. The van der Waals surface area contributed by atoms with Gasteiger partial charge < -0.3 is 24.8 Å². The Bertz CT molecular complexity index is 2270. The average Bonchev–Trinajstić information content (AvgIpc) is 3.81. The van der Waals surface area contributed by atoms with Crippen molar-refractivity contribution in [1.29, 1.82) is 0 Å². The molecule has 2 aliphatic heterocycles. The van der Waals surface area contributed by atoms with Crippen LogP contribution in [-0.4, -0.2) is 75.2 Å². The lowest BCUT2D eigenvalue weighted by atomic mass is 9.76. The molecule has 15 heteroatoms. The van der Waals surface area contributed by atoms with Gasteiger partial charge in [-0.15, -0.1) is 0 Å². The molecule has 2 atom stereocenters. The number of carbonyl (C=O) groups is 2. The highest BCUT2D eigenvalue weighted by molar-refractivity contribution is 5.82. The summed E-state index contributed by atoms with van der Waals surface area (Å²) >= 11 is 0. The van der Waals surface area contributed by atoms with E-state index in [9.17, 15) is 9.59 Å². The molecule has 1 unspecified atom stereocenters. The summed E-state index contributed by atoms with van der Waals surface area (Å²) in [5, 5.41) is 4.45. The number of rotatable bonds is 10. The molecule has 2 N–H and O–H groups in total. The minimum atomic E-state index is -4.86. The third kappa shape index (κ3) is 8.72. The third-order valence-electron chi connectivity index (χ3n) is 11.0. The average molecular weight is 798 g/mol. The van der Waals surface area contributed by atoms with Gasteiger partial charge in [-0.3, -0.25) is 4.90 Å². The summed E-state index contributed by atoms with van der Waals surface area (Å²) in [6.07, 6.45) is -4.79. The van der Waals surface area contributed by atoms with Crippen molar-refractivity contribution in [3.05, 3.63) is 113 Å². The number of likely N-dealkylation sites (tertiary alicyclic amines) is 1. The molecular formula is C43H46F3N7O5. The smallest absolute Gasteiger partial charge is 0.429 e. The lowest BCUT2D eigenvalue weighted by Crippen LogP contribution is -2.43. The Morgan fingerprint density at radius 2 is 1.64 bits per heavy atom. The first-order valence-electron chi connectivity index (χ1n) is 19.2. The molecule has 2 saturated heterocycles. The molecule has 2 fully saturated rings. The minimum absolute atomic E-state index is 0.0594. The summed E-state index contributed by atoms with van der Waals surface area (Å²) in [6, 6.07) is 22.2. The molecule has 1 amide bonds. The molecule has 0 bridgehead atoms. The minimum Gasteiger partial charge on any atom is -0.464 e. The molecule has 0 radical (unpaired) electrons. The summed E-state index contributed by atoms with van der Waals surface area (Å²) in [6.45, 7) is 8.81. The van der Waals surface area contributed by atoms with E-state index >= 15 is 13.2 Å². The molecule has 2 aromatic heterocycles. The number of hydrogen-bond donors (Lipinski definition) is 1. The maximum absolute atomic E-state index is 15.1. The van der Waals surface area contributed by atoms with Crippen molar-refractivity contribution in [1.82, 2.24) is 24.6 Å². The van der Waals surface area contributed by atoms with E-state index in [1.165, 1.54) is 21.7 Å². The van der Waals surface area contributed by atoms with Gasteiger partial charge in [0.05, 0.1) is 18.0 Å². The Balaban J connectivity index is 1.11. The van der Waals surface area contributed by atoms with Crippen LogP contribution >= 0.6 is 0 Å². The van der Waals surface area contributed by atoms with Crippen molar-refractivity contribution in [3.8, 4) is 22.7 Å². The number of benzene rings is 3. The molecular weight excluding hydrogens is 752 g/mol. The van der Waals surface area contributed by atoms with E-state index in [0.717, 1.165) is 27.8 Å². The number of alkyl halides is 3. The highest BCUT2D eigenvalue weighted by Gasteiger charge is 2.51. The Morgan fingerprint density at radius 3 is 2.31 bits per heavy atom. The van der Waals surface area contributed by atoms with Gasteiger partial charge in [0.1, 0.15) is 18.5 Å². The molecule has 0 saturated carbocycles. The van der Waals surface area contributed by atoms with E-state index in [1.807, 2.05) is 67.3 Å². The Kier molecular flexibility index (Phi) is 11.3. The highest BCUT2D eigenvalue weighted by atomic mass is 19.4. The van der Waals surface area contributed by atoms with Crippen LogP contribution in [0.5, 0.6) is 5.88 Å². The Labute approximate surface area is 334 Å². The molecule has 7 rings (SSSR count). The number of esters is 1. The van der Waals surface area contributed by atoms with E-state index < -0.39 is 35.8 Å². The molecule has 0 aliphatic carbocycles. The fourth-order valence-electron chi connectivity index (χ4n) is 7.77. The molecule has 4 heterocycles. The van der Waals surface area contributed by atoms with Crippen LogP contribution in [0.15, 0.2) is 85.1 Å². The van der Waals surface area contributed by atoms with Crippen LogP contribution < -0.4 is 15.4 Å². The Hall–Kier alpha value is -6.12. The fourth-order valence-corrected chi connectivity index (χ4v) is 7.77. The molecule has 5 aromatic rings.